The summed E-state index contributed by atoms with van der Waals surface area (Å²) >= 11 is 0. The summed E-state index contributed by atoms with van der Waals surface area (Å²) in [6.07, 6.45) is 0. The van der Waals surface area contributed by atoms with Crippen molar-refractivity contribution in [2.24, 2.45) is 7.05 Å². The van der Waals surface area contributed by atoms with Crippen LogP contribution in [0.25, 0.3) is 11.1 Å². The number of carbonyl (C=O) groups is 1. The van der Waals surface area contributed by atoms with Gasteiger partial charge in [-0.1, -0.05) is 49.7 Å². The number of anilines is 1. The van der Waals surface area contributed by atoms with Gasteiger partial charge in [0.05, 0.1) is 5.56 Å². The van der Waals surface area contributed by atoms with Crippen molar-refractivity contribution in [1.82, 2.24) is 14.8 Å². The van der Waals surface area contributed by atoms with E-state index in [0.717, 1.165) is 16.7 Å². The molecule has 0 saturated carbocycles. The van der Waals surface area contributed by atoms with Crippen LogP contribution in [0.1, 0.15) is 41.5 Å². The number of hydrogen-bond acceptors (Lipinski definition) is 3. The van der Waals surface area contributed by atoms with E-state index in [1.807, 2.05) is 45.0 Å². The molecule has 0 saturated heterocycles. The molecule has 1 N–H and O–H groups in total. The fourth-order valence-corrected chi connectivity index (χ4v) is 2.55. The lowest BCUT2D eigenvalue weighted by atomic mass is 10.0. The summed E-state index contributed by atoms with van der Waals surface area (Å²) in [4.78, 5) is 16.7. The normalized spacial score (nSPS) is 11.0. The van der Waals surface area contributed by atoms with E-state index in [0.29, 0.717) is 11.8 Å². The first-order valence-electron chi connectivity index (χ1n) is 8.44. The van der Waals surface area contributed by atoms with Crippen molar-refractivity contribution in [2.45, 2.75) is 26.7 Å². The predicted molar refractivity (Wildman–Crippen MR) is 99.6 cm³/mol. The fraction of sp³-hybridized carbons (Fsp3) is 0.250. The molecule has 1 amide bonds. The van der Waals surface area contributed by atoms with E-state index in [1.54, 1.807) is 13.1 Å². The van der Waals surface area contributed by atoms with Gasteiger partial charge < -0.3 is 0 Å². The maximum absolute atomic E-state index is 14.5. The summed E-state index contributed by atoms with van der Waals surface area (Å²) in [5, 5.41) is 6.86. The van der Waals surface area contributed by atoms with Crippen molar-refractivity contribution in [1.29, 1.82) is 0 Å². The highest BCUT2D eigenvalue weighted by molar-refractivity contribution is 6.03. The minimum absolute atomic E-state index is 0.0324. The van der Waals surface area contributed by atoms with E-state index < -0.39 is 11.7 Å². The Morgan fingerprint density at radius 3 is 2.35 bits per heavy atom. The van der Waals surface area contributed by atoms with Gasteiger partial charge in [-0.3, -0.25) is 10.1 Å². The van der Waals surface area contributed by atoms with Crippen molar-refractivity contribution >= 4 is 11.9 Å². The summed E-state index contributed by atoms with van der Waals surface area (Å²) in [5.74, 6) is -0.0772. The topological polar surface area (TPSA) is 59.8 Å². The molecule has 134 valence electrons. The molecule has 26 heavy (non-hydrogen) atoms. The maximum atomic E-state index is 14.5. The molecule has 0 aliphatic rings. The number of benzene rings is 2. The third-order valence-electron chi connectivity index (χ3n) is 4.12. The highest BCUT2D eigenvalue weighted by Crippen LogP contribution is 2.23. The number of nitrogens with one attached hydrogen (secondary N) is 1. The first-order valence-corrected chi connectivity index (χ1v) is 8.44. The van der Waals surface area contributed by atoms with Crippen LogP contribution in [-0.4, -0.2) is 20.7 Å². The van der Waals surface area contributed by atoms with Crippen LogP contribution in [0.4, 0.5) is 10.3 Å². The molecular weight excluding hydrogens is 331 g/mol. The Labute approximate surface area is 151 Å². The van der Waals surface area contributed by atoms with Gasteiger partial charge in [-0.25, -0.2) is 9.07 Å². The molecule has 0 unspecified atom stereocenters. The number of aromatic nitrogens is 3. The van der Waals surface area contributed by atoms with Gasteiger partial charge in [-0.2, -0.15) is 10.1 Å². The summed E-state index contributed by atoms with van der Waals surface area (Å²) in [6.45, 7) is 5.92. The monoisotopic (exact) mass is 352 g/mol. The maximum Gasteiger partial charge on any atom is 0.260 e. The average Bonchev–Trinajstić information content (AvgIpc) is 2.96. The molecule has 0 spiro atoms. The zero-order chi connectivity index (χ0) is 18.8. The van der Waals surface area contributed by atoms with Crippen molar-refractivity contribution in [3.8, 4) is 11.1 Å². The van der Waals surface area contributed by atoms with E-state index in [-0.39, 0.29) is 11.5 Å². The van der Waals surface area contributed by atoms with Crippen LogP contribution in [0.3, 0.4) is 0 Å². The van der Waals surface area contributed by atoms with Gasteiger partial charge in [-0.05, 0) is 30.2 Å². The number of nitrogens with zero attached hydrogens (tertiary/aromatic N) is 3. The van der Waals surface area contributed by atoms with Crippen LogP contribution in [0.2, 0.25) is 0 Å². The molecule has 0 fully saturated rings. The van der Waals surface area contributed by atoms with Crippen LogP contribution < -0.4 is 5.32 Å². The zero-order valence-electron chi connectivity index (χ0n) is 15.2. The zero-order valence-corrected chi connectivity index (χ0v) is 15.2. The Morgan fingerprint density at radius 1 is 1.12 bits per heavy atom. The predicted octanol–water partition coefficient (Wildman–Crippen LogP) is 4.31. The quantitative estimate of drug-likeness (QED) is 0.761. The van der Waals surface area contributed by atoms with Gasteiger partial charge in [-0.15, -0.1) is 0 Å². The second kappa shape index (κ2) is 7.07. The lowest BCUT2D eigenvalue weighted by Crippen LogP contribution is -2.16. The number of aryl methyl sites for hydroxylation is 2. The Kier molecular flexibility index (Phi) is 4.84. The summed E-state index contributed by atoms with van der Waals surface area (Å²) in [5.41, 5.74) is 2.72. The van der Waals surface area contributed by atoms with Crippen LogP contribution in [-0.2, 0) is 7.05 Å². The minimum atomic E-state index is -0.577. The van der Waals surface area contributed by atoms with Gasteiger partial charge in [0.25, 0.3) is 5.91 Å². The first kappa shape index (κ1) is 17.8. The Bertz CT molecular complexity index is 945. The molecule has 0 bridgehead atoms. The summed E-state index contributed by atoms with van der Waals surface area (Å²) in [6, 6.07) is 12.4. The van der Waals surface area contributed by atoms with Gasteiger partial charge in [0.1, 0.15) is 5.82 Å². The second-order valence-corrected chi connectivity index (χ2v) is 6.59. The van der Waals surface area contributed by atoms with Crippen molar-refractivity contribution in [3.05, 3.63) is 65.2 Å². The van der Waals surface area contributed by atoms with E-state index in [9.17, 15) is 9.18 Å². The van der Waals surface area contributed by atoms with Crippen molar-refractivity contribution in [3.63, 3.8) is 0 Å². The van der Waals surface area contributed by atoms with E-state index in [1.165, 1.54) is 16.8 Å². The molecule has 0 radical (unpaired) electrons. The molecule has 0 aliphatic carbocycles. The molecule has 0 atom stereocenters. The molecule has 1 heterocycles. The van der Waals surface area contributed by atoms with Gasteiger partial charge >= 0.3 is 0 Å². The average molecular weight is 352 g/mol. The van der Waals surface area contributed by atoms with Crippen molar-refractivity contribution in [2.75, 3.05) is 5.32 Å². The Morgan fingerprint density at radius 2 is 1.77 bits per heavy atom. The SMILES string of the molecule is Cc1ccc(-c2ccc(C(=O)Nc3nc(C(C)C)nn3C)c(F)c2)cc1. The van der Waals surface area contributed by atoms with Crippen LogP contribution in [0.15, 0.2) is 42.5 Å². The lowest BCUT2D eigenvalue weighted by Gasteiger charge is -2.07. The molecule has 3 aromatic rings. The van der Waals surface area contributed by atoms with Gasteiger partial charge in [0.15, 0.2) is 5.82 Å². The number of carbonyl (C=O) groups excluding carboxylic acids is 1. The number of halogens is 1. The first-order chi connectivity index (χ1) is 12.3. The molecule has 6 heteroatoms. The molecule has 1 aromatic heterocycles. The van der Waals surface area contributed by atoms with Gasteiger partial charge in [0, 0.05) is 13.0 Å². The minimum Gasteiger partial charge on any atom is -0.291 e. The van der Waals surface area contributed by atoms with E-state index in [2.05, 4.69) is 15.4 Å². The third kappa shape index (κ3) is 3.64. The molecular formula is C20H21FN4O. The summed E-state index contributed by atoms with van der Waals surface area (Å²) < 4.78 is 16.0. The molecule has 3 rings (SSSR count). The molecule has 2 aromatic carbocycles. The highest BCUT2D eigenvalue weighted by atomic mass is 19.1. The van der Waals surface area contributed by atoms with E-state index >= 15 is 0 Å². The van der Waals surface area contributed by atoms with Gasteiger partial charge in [0.2, 0.25) is 5.95 Å². The summed E-state index contributed by atoms with van der Waals surface area (Å²) in [7, 11) is 1.69. The van der Waals surface area contributed by atoms with Crippen LogP contribution >= 0.6 is 0 Å². The second-order valence-electron chi connectivity index (χ2n) is 6.59. The Hall–Kier alpha value is -3.02. The van der Waals surface area contributed by atoms with E-state index in [4.69, 9.17) is 0 Å². The standard InChI is InChI=1S/C20H21FN4O/c1-12(2)18-22-20(25(4)24-18)23-19(26)16-10-9-15(11-17(16)21)14-7-5-13(3)6-8-14/h5-12H,1-4H3,(H,22,23,24,26). The molecule has 0 aliphatic heterocycles. The Balaban J connectivity index is 1.83. The van der Waals surface area contributed by atoms with Crippen LogP contribution in [0, 0.1) is 12.7 Å². The lowest BCUT2D eigenvalue weighted by molar-refractivity contribution is 0.102. The number of rotatable bonds is 4. The highest BCUT2D eigenvalue weighted by Gasteiger charge is 2.17. The smallest absolute Gasteiger partial charge is 0.260 e. The number of hydrogen-bond donors (Lipinski definition) is 1. The third-order valence-corrected chi connectivity index (χ3v) is 4.12. The fourth-order valence-electron chi connectivity index (χ4n) is 2.55. The number of amides is 1. The largest absolute Gasteiger partial charge is 0.291 e. The molecule has 5 nitrogen and oxygen atoms in total. The van der Waals surface area contributed by atoms with Crippen molar-refractivity contribution < 1.29 is 9.18 Å². The van der Waals surface area contributed by atoms with Crippen LogP contribution in [0.5, 0.6) is 0 Å².